The van der Waals surface area contributed by atoms with Crippen LogP contribution in [-0.4, -0.2) is 25.4 Å². The van der Waals surface area contributed by atoms with Gasteiger partial charge in [-0.1, -0.05) is 0 Å². The molecule has 0 aliphatic heterocycles. The number of unbranched alkanes of at least 4 members (excludes halogenated alkanes) is 2. The van der Waals surface area contributed by atoms with Crippen molar-refractivity contribution in [1.82, 2.24) is 0 Å². The zero-order chi connectivity index (χ0) is 10.2. The summed E-state index contributed by atoms with van der Waals surface area (Å²) in [4.78, 5) is 2.48. The monoisotopic (exact) mass is 294 g/mol. The van der Waals surface area contributed by atoms with Crippen molar-refractivity contribution in [3.63, 3.8) is 0 Å². The van der Waals surface area contributed by atoms with Gasteiger partial charge in [0.1, 0.15) is 0 Å². The average Bonchev–Trinajstić information content (AvgIpc) is 2.12. The Morgan fingerprint density at radius 2 is 1.38 bits per heavy atom. The molecule has 2 heteroatoms. The van der Waals surface area contributed by atoms with Crippen molar-refractivity contribution in [3.05, 3.63) is 0 Å². The fourth-order valence-corrected chi connectivity index (χ4v) is 11.5. The quantitative estimate of drug-likeness (QED) is 0.609. The van der Waals surface area contributed by atoms with Gasteiger partial charge in [-0.25, -0.2) is 0 Å². The van der Waals surface area contributed by atoms with Crippen LogP contribution in [0.1, 0.15) is 46.5 Å². The van der Waals surface area contributed by atoms with Crippen LogP contribution in [0.2, 0.25) is 13.8 Å². The molecule has 0 aromatic carbocycles. The maximum atomic E-state index is 6.04. The second kappa shape index (κ2) is 8.10. The molecule has 0 bridgehead atoms. The number of rotatable bonds is 8. The minimum atomic E-state index is -2.03. The zero-order valence-electron chi connectivity index (χ0n) is 9.86. The summed E-state index contributed by atoms with van der Waals surface area (Å²) in [5.41, 5.74) is 0. The second-order valence-electron chi connectivity index (χ2n) is 4.09. The van der Waals surface area contributed by atoms with Crippen LogP contribution in [0.3, 0.4) is 0 Å². The first kappa shape index (κ1) is 13.8. The van der Waals surface area contributed by atoms with Crippen molar-refractivity contribution in [3.8, 4) is 0 Å². The van der Waals surface area contributed by atoms with E-state index in [1.807, 2.05) is 0 Å². The van der Waals surface area contributed by atoms with Gasteiger partial charge in [-0.2, -0.15) is 0 Å². The van der Waals surface area contributed by atoms with Crippen LogP contribution in [0.15, 0.2) is 0 Å². The third-order valence-corrected chi connectivity index (χ3v) is 13.5. The summed E-state index contributed by atoms with van der Waals surface area (Å²) in [5.74, 6) is 0. The molecule has 13 heavy (non-hydrogen) atoms. The first-order valence-electron chi connectivity index (χ1n) is 5.82. The van der Waals surface area contributed by atoms with Crippen molar-refractivity contribution in [2.45, 2.75) is 60.3 Å². The molecular formula is C11H26OSn. The molecule has 0 N–H and O–H groups in total. The van der Waals surface area contributed by atoms with E-state index in [9.17, 15) is 0 Å². The maximum absolute atomic E-state index is 6.04. The first-order chi connectivity index (χ1) is 6.18. The van der Waals surface area contributed by atoms with E-state index in [4.69, 9.17) is 3.07 Å². The molecule has 0 spiro atoms. The molecule has 0 aliphatic rings. The van der Waals surface area contributed by atoms with Gasteiger partial charge in [0.25, 0.3) is 0 Å². The van der Waals surface area contributed by atoms with E-state index in [2.05, 4.69) is 25.7 Å². The van der Waals surface area contributed by atoms with Gasteiger partial charge in [-0.05, 0) is 0 Å². The SMILES string of the molecule is CCC[CH2][Sn]([CH3])([CH2]CCC)[O]CC. The molecule has 0 atom stereocenters. The van der Waals surface area contributed by atoms with E-state index in [0.29, 0.717) is 0 Å². The molecule has 0 aliphatic carbocycles. The summed E-state index contributed by atoms with van der Waals surface area (Å²) in [6, 6.07) is 0. The molecule has 0 aromatic heterocycles. The van der Waals surface area contributed by atoms with Gasteiger partial charge >= 0.3 is 88.7 Å². The van der Waals surface area contributed by atoms with Crippen LogP contribution in [0.5, 0.6) is 0 Å². The molecule has 0 fully saturated rings. The van der Waals surface area contributed by atoms with Crippen molar-refractivity contribution < 1.29 is 3.07 Å². The first-order valence-corrected chi connectivity index (χ1v) is 13.9. The van der Waals surface area contributed by atoms with E-state index in [1.54, 1.807) is 0 Å². The molecule has 0 rings (SSSR count). The van der Waals surface area contributed by atoms with Gasteiger partial charge in [0.2, 0.25) is 0 Å². The Morgan fingerprint density at radius 1 is 0.923 bits per heavy atom. The molecular weight excluding hydrogens is 267 g/mol. The van der Waals surface area contributed by atoms with E-state index in [0.717, 1.165) is 6.61 Å². The molecule has 80 valence electrons. The van der Waals surface area contributed by atoms with Gasteiger partial charge in [-0.3, -0.25) is 0 Å². The summed E-state index contributed by atoms with van der Waals surface area (Å²) in [7, 11) is 0. The standard InChI is InChI=1S/2C4H9.C2H5O.CH3.Sn/c2*1-3-4-2;1-2-3;;/h2*1,3-4H2,2H3;2H2,1H3;1H3;/q;;-1;;+1. The Labute approximate surface area is 88.7 Å². The van der Waals surface area contributed by atoms with Gasteiger partial charge in [0, 0.05) is 0 Å². The average molecular weight is 293 g/mol. The Hall–Kier alpha value is 0.759. The van der Waals surface area contributed by atoms with Gasteiger partial charge in [0.05, 0.1) is 0 Å². The summed E-state index contributed by atoms with van der Waals surface area (Å²) in [6.45, 7) is 7.64. The molecule has 0 aromatic rings. The summed E-state index contributed by atoms with van der Waals surface area (Å²) in [6.07, 6.45) is 5.42. The van der Waals surface area contributed by atoms with Crippen molar-refractivity contribution >= 4 is 18.8 Å². The van der Waals surface area contributed by atoms with Crippen LogP contribution in [0, 0.1) is 0 Å². The van der Waals surface area contributed by atoms with Crippen LogP contribution in [0.4, 0.5) is 0 Å². The summed E-state index contributed by atoms with van der Waals surface area (Å²) >= 11 is -2.03. The second-order valence-corrected chi connectivity index (χ2v) is 16.0. The summed E-state index contributed by atoms with van der Waals surface area (Å²) < 4.78 is 8.90. The third-order valence-electron chi connectivity index (χ3n) is 2.61. The van der Waals surface area contributed by atoms with Gasteiger partial charge in [-0.15, -0.1) is 0 Å². The third kappa shape index (κ3) is 6.78. The van der Waals surface area contributed by atoms with E-state index in [1.165, 1.54) is 34.6 Å². The number of hydrogen-bond donors (Lipinski definition) is 0. The Balaban J connectivity index is 3.84. The molecule has 0 radical (unpaired) electrons. The molecule has 1 nitrogen and oxygen atoms in total. The molecule has 0 amide bonds. The predicted molar refractivity (Wildman–Crippen MR) is 62.7 cm³/mol. The van der Waals surface area contributed by atoms with Crippen molar-refractivity contribution in [2.24, 2.45) is 0 Å². The van der Waals surface area contributed by atoms with Crippen molar-refractivity contribution in [1.29, 1.82) is 0 Å². The van der Waals surface area contributed by atoms with E-state index in [-0.39, 0.29) is 0 Å². The molecule has 0 unspecified atom stereocenters. The fraction of sp³-hybridized carbons (Fsp3) is 1.00. The topological polar surface area (TPSA) is 9.23 Å². The van der Waals surface area contributed by atoms with Gasteiger partial charge < -0.3 is 0 Å². The Bertz CT molecular complexity index is 107. The Morgan fingerprint density at radius 3 is 1.69 bits per heavy atom. The molecule has 0 saturated heterocycles. The number of hydrogen-bond acceptors (Lipinski definition) is 1. The van der Waals surface area contributed by atoms with E-state index >= 15 is 0 Å². The predicted octanol–water partition coefficient (Wildman–Crippen LogP) is 4.20. The van der Waals surface area contributed by atoms with Crippen LogP contribution in [0.25, 0.3) is 0 Å². The van der Waals surface area contributed by atoms with E-state index < -0.39 is 18.8 Å². The molecule has 0 saturated carbocycles. The fourth-order valence-electron chi connectivity index (χ4n) is 1.72. The molecule has 0 heterocycles. The Kier molecular flexibility index (Phi) is 8.57. The summed E-state index contributed by atoms with van der Waals surface area (Å²) in [5, 5.41) is 0. The van der Waals surface area contributed by atoms with Gasteiger partial charge in [0.15, 0.2) is 0 Å². The normalized spacial score (nSPS) is 12.0. The van der Waals surface area contributed by atoms with Crippen LogP contribution < -0.4 is 0 Å². The minimum absolute atomic E-state index is 0.944. The van der Waals surface area contributed by atoms with Crippen LogP contribution in [-0.2, 0) is 3.07 Å². The zero-order valence-corrected chi connectivity index (χ0v) is 12.7. The van der Waals surface area contributed by atoms with Crippen molar-refractivity contribution in [2.75, 3.05) is 6.61 Å². The van der Waals surface area contributed by atoms with Crippen LogP contribution >= 0.6 is 0 Å².